The van der Waals surface area contributed by atoms with E-state index in [2.05, 4.69) is 5.32 Å². The van der Waals surface area contributed by atoms with Crippen molar-refractivity contribution in [3.63, 3.8) is 0 Å². The summed E-state index contributed by atoms with van der Waals surface area (Å²) in [6.45, 7) is 2.36. The number of hydrogen-bond donors (Lipinski definition) is 1. The molecule has 0 fully saturated rings. The molecule has 0 unspecified atom stereocenters. The van der Waals surface area contributed by atoms with Crippen LogP contribution in [-0.4, -0.2) is 35.6 Å². The van der Waals surface area contributed by atoms with Crippen molar-refractivity contribution in [3.05, 3.63) is 105 Å². The highest BCUT2D eigenvalue weighted by molar-refractivity contribution is 7.99. The van der Waals surface area contributed by atoms with Gasteiger partial charge in [-0.05, 0) is 41.3 Å². The highest BCUT2D eigenvalue weighted by Gasteiger charge is 2.30. The van der Waals surface area contributed by atoms with E-state index in [0.29, 0.717) is 28.8 Å². The quantitative estimate of drug-likeness (QED) is 0.365. The molecule has 0 radical (unpaired) electrons. The van der Waals surface area contributed by atoms with Gasteiger partial charge in [0.25, 0.3) is 0 Å². The van der Waals surface area contributed by atoms with Crippen molar-refractivity contribution in [2.45, 2.75) is 31.7 Å². The molecule has 1 N–H and O–H groups in total. The van der Waals surface area contributed by atoms with Gasteiger partial charge in [0.1, 0.15) is 6.04 Å². The SMILES string of the molecule is CNC(=O)[C@@H](Cc1ccccc1)N(Cc1ccccc1C)C(=O)CSCc1c(Cl)cccc1Cl. The fourth-order valence-electron chi connectivity index (χ4n) is 3.69. The van der Waals surface area contributed by atoms with Gasteiger partial charge in [-0.15, -0.1) is 11.8 Å². The molecular formula is C27H28Cl2N2O2S. The minimum Gasteiger partial charge on any atom is -0.357 e. The van der Waals surface area contributed by atoms with Crippen LogP contribution in [0.4, 0.5) is 0 Å². The Morgan fingerprint density at radius 2 is 1.59 bits per heavy atom. The van der Waals surface area contributed by atoms with Gasteiger partial charge in [-0.2, -0.15) is 0 Å². The Morgan fingerprint density at radius 1 is 0.941 bits per heavy atom. The second-order valence-corrected chi connectivity index (χ2v) is 9.76. The summed E-state index contributed by atoms with van der Waals surface area (Å²) in [4.78, 5) is 28.2. The average molecular weight is 516 g/mol. The van der Waals surface area contributed by atoms with Gasteiger partial charge in [-0.3, -0.25) is 9.59 Å². The zero-order chi connectivity index (χ0) is 24.5. The Balaban J connectivity index is 1.84. The lowest BCUT2D eigenvalue weighted by molar-refractivity contribution is -0.139. The third-order valence-corrected chi connectivity index (χ3v) is 7.31. The highest BCUT2D eigenvalue weighted by Crippen LogP contribution is 2.28. The number of hydrogen-bond acceptors (Lipinski definition) is 3. The van der Waals surface area contributed by atoms with Gasteiger partial charge in [0.15, 0.2) is 0 Å². The van der Waals surface area contributed by atoms with E-state index < -0.39 is 6.04 Å². The molecule has 0 spiro atoms. The first-order valence-corrected chi connectivity index (χ1v) is 12.9. The fraction of sp³-hybridized carbons (Fsp3) is 0.259. The molecule has 0 saturated heterocycles. The normalized spacial score (nSPS) is 11.6. The van der Waals surface area contributed by atoms with Crippen molar-refractivity contribution in [3.8, 4) is 0 Å². The maximum atomic E-state index is 13.5. The molecule has 2 amide bonds. The van der Waals surface area contributed by atoms with Crippen LogP contribution in [0, 0.1) is 6.92 Å². The maximum Gasteiger partial charge on any atom is 0.242 e. The van der Waals surface area contributed by atoms with E-state index in [-0.39, 0.29) is 17.6 Å². The second-order valence-electron chi connectivity index (χ2n) is 7.96. The third-order valence-electron chi connectivity index (χ3n) is 5.65. The van der Waals surface area contributed by atoms with Gasteiger partial charge in [-0.25, -0.2) is 0 Å². The topological polar surface area (TPSA) is 49.4 Å². The number of thioether (sulfide) groups is 1. The molecule has 1 atom stereocenters. The molecule has 0 saturated carbocycles. The molecule has 178 valence electrons. The first kappa shape index (κ1) is 26.1. The number of carbonyl (C=O) groups is 2. The van der Waals surface area contributed by atoms with Gasteiger partial charge in [0.05, 0.1) is 5.75 Å². The van der Waals surface area contributed by atoms with Crippen molar-refractivity contribution in [2.24, 2.45) is 0 Å². The first-order valence-electron chi connectivity index (χ1n) is 11.0. The summed E-state index contributed by atoms with van der Waals surface area (Å²) in [6.07, 6.45) is 0.430. The van der Waals surface area contributed by atoms with E-state index in [0.717, 1.165) is 22.3 Å². The van der Waals surface area contributed by atoms with Crippen molar-refractivity contribution in [1.82, 2.24) is 10.2 Å². The van der Waals surface area contributed by atoms with Gasteiger partial charge in [0.2, 0.25) is 11.8 Å². The molecule has 3 rings (SSSR count). The highest BCUT2D eigenvalue weighted by atomic mass is 35.5. The number of rotatable bonds is 10. The van der Waals surface area contributed by atoms with Crippen LogP contribution in [0.1, 0.15) is 22.3 Å². The molecule has 7 heteroatoms. The molecule has 0 heterocycles. The van der Waals surface area contributed by atoms with Crippen LogP contribution in [0.15, 0.2) is 72.8 Å². The zero-order valence-corrected chi connectivity index (χ0v) is 21.6. The fourth-order valence-corrected chi connectivity index (χ4v) is 5.33. The Kier molecular flexibility index (Phi) is 9.87. The molecule has 0 aliphatic rings. The molecule has 0 aliphatic carbocycles. The summed E-state index contributed by atoms with van der Waals surface area (Å²) >= 11 is 14.0. The standard InChI is InChI=1S/C27H28Cl2N2O2S/c1-19-9-6-7-12-21(19)16-31(25(27(33)30-2)15-20-10-4-3-5-11-20)26(32)18-34-17-22-23(28)13-8-14-24(22)29/h3-14,25H,15-18H2,1-2H3,(H,30,33)/t25-/m1/s1. The lowest BCUT2D eigenvalue weighted by Gasteiger charge is -2.31. The van der Waals surface area contributed by atoms with Crippen LogP contribution in [0.3, 0.4) is 0 Å². The van der Waals surface area contributed by atoms with Crippen molar-refractivity contribution >= 4 is 46.8 Å². The van der Waals surface area contributed by atoms with E-state index >= 15 is 0 Å². The molecule has 0 aromatic heterocycles. The number of halogens is 2. The van der Waals surface area contributed by atoms with Gasteiger partial charge in [0, 0.05) is 35.8 Å². The van der Waals surface area contributed by atoms with E-state index in [1.165, 1.54) is 11.8 Å². The van der Waals surface area contributed by atoms with Crippen LogP contribution >= 0.6 is 35.0 Å². The number of benzene rings is 3. The number of nitrogens with zero attached hydrogens (tertiary/aromatic N) is 1. The minimum atomic E-state index is -0.635. The first-order chi connectivity index (χ1) is 16.4. The summed E-state index contributed by atoms with van der Waals surface area (Å²) in [5.41, 5.74) is 3.89. The molecule has 3 aromatic carbocycles. The Bertz CT molecular complexity index is 1100. The minimum absolute atomic E-state index is 0.110. The Morgan fingerprint density at radius 3 is 2.24 bits per heavy atom. The number of nitrogens with one attached hydrogen (secondary N) is 1. The lowest BCUT2D eigenvalue weighted by Crippen LogP contribution is -2.50. The molecule has 3 aromatic rings. The maximum absolute atomic E-state index is 13.5. The summed E-state index contributed by atoms with van der Waals surface area (Å²) in [5, 5.41) is 3.90. The smallest absolute Gasteiger partial charge is 0.242 e. The van der Waals surface area contributed by atoms with E-state index in [1.54, 1.807) is 30.1 Å². The monoisotopic (exact) mass is 514 g/mol. The van der Waals surface area contributed by atoms with Crippen molar-refractivity contribution in [1.29, 1.82) is 0 Å². The molecular weight excluding hydrogens is 487 g/mol. The van der Waals surface area contributed by atoms with Crippen LogP contribution < -0.4 is 5.32 Å². The second kappa shape index (κ2) is 12.8. The predicted octanol–water partition coefficient (Wildman–Crippen LogP) is 5.92. The van der Waals surface area contributed by atoms with Crippen molar-refractivity contribution < 1.29 is 9.59 Å². The predicted molar refractivity (Wildman–Crippen MR) is 142 cm³/mol. The number of carbonyl (C=O) groups excluding carboxylic acids is 2. The summed E-state index contributed by atoms with van der Waals surface area (Å²) < 4.78 is 0. The van der Waals surface area contributed by atoms with E-state index in [1.807, 2.05) is 61.5 Å². The number of amides is 2. The lowest BCUT2D eigenvalue weighted by atomic mass is 10.0. The molecule has 4 nitrogen and oxygen atoms in total. The third kappa shape index (κ3) is 7.02. The van der Waals surface area contributed by atoms with Crippen LogP contribution in [0.2, 0.25) is 10.0 Å². The van der Waals surface area contributed by atoms with Crippen molar-refractivity contribution in [2.75, 3.05) is 12.8 Å². The van der Waals surface area contributed by atoms with Crippen LogP contribution in [0.5, 0.6) is 0 Å². The Labute approximate surface area is 215 Å². The molecule has 0 bridgehead atoms. The average Bonchev–Trinajstić information content (AvgIpc) is 2.84. The van der Waals surface area contributed by atoms with Gasteiger partial charge >= 0.3 is 0 Å². The molecule has 0 aliphatic heterocycles. The van der Waals surface area contributed by atoms with E-state index in [4.69, 9.17) is 23.2 Å². The van der Waals surface area contributed by atoms with Crippen LogP contribution in [0.25, 0.3) is 0 Å². The largest absolute Gasteiger partial charge is 0.357 e. The zero-order valence-electron chi connectivity index (χ0n) is 19.3. The summed E-state index contributed by atoms with van der Waals surface area (Å²) in [6, 6.07) is 22.4. The van der Waals surface area contributed by atoms with Gasteiger partial charge in [-0.1, -0.05) is 83.9 Å². The Hall–Kier alpha value is -2.47. The number of aryl methyl sites for hydroxylation is 1. The van der Waals surface area contributed by atoms with Crippen LogP contribution in [-0.2, 0) is 28.3 Å². The van der Waals surface area contributed by atoms with Gasteiger partial charge < -0.3 is 10.2 Å². The summed E-state index contributed by atoms with van der Waals surface area (Å²) in [7, 11) is 1.60. The molecule has 34 heavy (non-hydrogen) atoms. The number of likely N-dealkylation sites (N-methyl/N-ethyl adjacent to an activating group) is 1. The summed E-state index contributed by atoms with van der Waals surface area (Å²) in [5.74, 6) is 0.410. The van der Waals surface area contributed by atoms with E-state index in [9.17, 15) is 9.59 Å².